The fourth-order valence-electron chi connectivity index (χ4n) is 2.25. The average molecular weight is 346 g/mol. The van der Waals surface area contributed by atoms with E-state index in [1.165, 1.54) is 12.1 Å². The number of carboxylic acids is 1. The topological polar surface area (TPSA) is 88.4 Å². The standard InChI is InChI=1S/C14H16F2N2O4S/c1-14(13(15)16,8-12(19)20)17-23(21,22)10-4-3-9-5-6-18(2)11(9)7-10/h3-7,13,17H,8H2,1-2H3,(H,19,20). The molecule has 1 atom stereocenters. The predicted octanol–water partition coefficient (Wildman–Crippen LogP) is 1.96. The van der Waals surface area contributed by atoms with Crippen molar-refractivity contribution < 1.29 is 27.1 Å². The lowest BCUT2D eigenvalue weighted by Gasteiger charge is -2.27. The minimum atomic E-state index is -4.30. The van der Waals surface area contributed by atoms with E-state index in [9.17, 15) is 22.0 Å². The molecule has 0 bridgehead atoms. The number of alkyl halides is 2. The molecule has 1 aromatic heterocycles. The van der Waals surface area contributed by atoms with Crippen molar-refractivity contribution in [2.24, 2.45) is 7.05 Å². The van der Waals surface area contributed by atoms with E-state index in [1.54, 1.807) is 29.9 Å². The molecule has 0 radical (unpaired) electrons. The molecular weight excluding hydrogens is 330 g/mol. The molecule has 2 N–H and O–H groups in total. The largest absolute Gasteiger partial charge is 0.481 e. The molecule has 23 heavy (non-hydrogen) atoms. The average Bonchev–Trinajstić information content (AvgIpc) is 2.78. The fourth-order valence-corrected chi connectivity index (χ4v) is 3.65. The summed E-state index contributed by atoms with van der Waals surface area (Å²) in [7, 11) is -2.58. The first-order valence-corrected chi connectivity index (χ1v) is 8.12. The Morgan fingerprint density at radius 2 is 2.04 bits per heavy atom. The summed E-state index contributed by atoms with van der Waals surface area (Å²) in [6.45, 7) is 0.865. The molecule has 1 aromatic carbocycles. The summed E-state index contributed by atoms with van der Waals surface area (Å²) in [6, 6.07) is 5.98. The molecule has 1 heterocycles. The van der Waals surface area contributed by atoms with E-state index < -0.39 is 34.4 Å². The minimum Gasteiger partial charge on any atom is -0.481 e. The number of nitrogens with one attached hydrogen (secondary N) is 1. The second kappa shape index (κ2) is 5.89. The Labute approximate surface area is 131 Å². The van der Waals surface area contributed by atoms with Crippen LogP contribution in [0.1, 0.15) is 13.3 Å². The van der Waals surface area contributed by atoms with Gasteiger partial charge in [0.1, 0.15) is 5.54 Å². The number of hydrogen-bond donors (Lipinski definition) is 2. The van der Waals surface area contributed by atoms with Gasteiger partial charge in [-0.1, -0.05) is 6.07 Å². The van der Waals surface area contributed by atoms with Crippen LogP contribution < -0.4 is 4.72 Å². The number of aliphatic carboxylic acids is 1. The molecule has 0 saturated heterocycles. The summed E-state index contributed by atoms with van der Waals surface area (Å²) in [4.78, 5) is 10.6. The first kappa shape index (κ1) is 17.4. The van der Waals surface area contributed by atoms with Crippen LogP contribution in [-0.4, -0.2) is 36.0 Å². The lowest BCUT2D eigenvalue weighted by atomic mass is 10.0. The van der Waals surface area contributed by atoms with Crippen molar-refractivity contribution in [2.45, 2.75) is 30.2 Å². The van der Waals surface area contributed by atoms with E-state index in [-0.39, 0.29) is 4.90 Å². The molecule has 0 saturated carbocycles. The molecule has 0 aliphatic heterocycles. The van der Waals surface area contributed by atoms with Crippen LogP contribution in [0.15, 0.2) is 35.4 Å². The van der Waals surface area contributed by atoms with Crippen LogP contribution in [0, 0.1) is 0 Å². The molecule has 9 heteroatoms. The Morgan fingerprint density at radius 1 is 1.39 bits per heavy atom. The molecule has 6 nitrogen and oxygen atoms in total. The van der Waals surface area contributed by atoms with Gasteiger partial charge in [0.15, 0.2) is 0 Å². The van der Waals surface area contributed by atoms with Gasteiger partial charge in [-0.3, -0.25) is 4.79 Å². The molecule has 2 rings (SSSR count). The maximum Gasteiger partial charge on any atom is 0.305 e. The van der Waals surface area contributed by atoms with Gasteiger partial charge in [-0.15, -0.1) is 0 Å². The third kappa shape index (κ3) is 3.50. The summed E-state index contributed by atoms with van der Waals surface area (Å²) in [5.74, 6) is -1.52. The zero-order valence-electron chi connectivity index (χ0n) is 12.5. The number of fused-ring (bicyclic) bond motifs is 1. The van der Waals surface area contributed by atoms with Crippen LogP contribution in [0.5, 0.6) is 0 Å². The summed E-state index contributed by atoms with van der Waals surface area (Å²) >= 11 is 0. The summed E-state index contributed by atoms with van der Waals surface area (Å²) in [5, 5.41) is 9.54. The number of carbonyl (C=O) groups is 1. The van der Waals surface area contributed by atoms with E-state index >= 15 is 0 Å². The monoisotopic (exact) mass is 346 g/mol. The van der Waals surface area contributed by atoms with Gasteiger partial charge in [0, 0.05) is 18.8 Å². The maximum absolute atomic E-state index is 13.2. The van der Waals surface area contributed by atoms with Crippen molar-refractivity contribution in [3.8, 4) is 0 Å². The summed E-state index contributed by atoms with van der Waals surface area (Å²) in [5.41, 5.74) is -1.78. The van der Waals surface area contributed by atoms with E-state index in [1.807, 2.05) is 4.72 Å². The van der Waals surface area contributed by atoms with Crippen molar-refractivity contribution in [3.05, 3.63) is 30.5 Å². The Hall–Kier alpha value is -2.00. The number of halogens is 2. The number of rotatable bonds is 6. The number of aromatic nitrogens is 1. The molecule has 0 aliphatic carbocycles. The molecule has 2 aromatic rings. The van der Waals surface area contributed by atoms with Gasteiger partial charge in [-0.05, 0) is 30.5 Å². The summed E-state index contributed by atoms with van der Waals surface area (Å²) < 4.78 is 54.6. The zero-order valence-corrected chi connectivity index (χ0v) is 13.3. The number of hydrogen-bond acceptors (Lipinski definition) is 3. The van der Waals surface area contributed by atoms with E-state index in [2.05, 4.69) is 0 Å². The van der Waals surface area contributed by atoms with Crippen molar-refractivity contribution >= 4 is 26.9 Å². The third-order valence-electron chi connectivity index (χ3n) is 3.54. The van der Waals surface area contributed by atoms with Gasteiger partial charge in [0.2, 0.25) is 10.0 Å². The predicted molar refractivity (Wildman–Crippen MR) is 79.9 cm³/mol. The lowest BCUT2D eigenvalue weighted by molar-refractivity contribution is -0.140. The van der Waals surface area contributed by atoms with Crippen LogP contribution in [0.25, 0.3) is 10.9 Å². The molecule has 126 valence electrons. The van der Waals surface area contributed by atoms with Gasteiger partial charge in [0.05, 0.1) is 11.3 Å². The lowest BCUT2D eigenvalue weighted by Crippen LogP contribution is -2.52. The maximum atomic E-state index is 13.2. The third-order valence-corrected chi connectivity index (χ3v) is 5.15. The Kier molecular flexibility index (Phi) is 4.45. The highest BCUT2D eigenvalue weighted by Crippen LogP contribution is 2.25. The number of nitrogens with zero attached hydrogens (tertiary/aromatic N) is 1. The molecule has 0 amide bonds. The van der Waals surface area contributed by atoms with Crippen LogP contribution in [0.2, 0.25) is 0 Å². The van der Waals surface area contributed by atoms with Gasteiger partial charge in [0.25, 0.3) is 6.43 Å². The number of aryl methyl sites for hydroxylation is 1. The molecule has 1 unspecified atom stereocenters. The Balaban J connectivity index is 2.42. The minimum absolute atomic E-state index is 0.205. The van der Waals surface area contributed by atoms with Crippen molar-refractivity contribution in [1.82, 2.24) is 9.29 Å². The van der Waals surface area contributed by atoms with E-state index in [4.69, 9.17) is 5.11 Å². The fraction of sp³-hybridized carbons (Fsp3) is 0.357. The van der Waals surface area contributed by atoms with Crippen LogP contribution in [-0.2, 0) is 21.9 Å². The van der Waals surface area contributed by atoms with Crippen LogP contribution in [0.4, 0.5) is 8.78 Å². The number of sulfonamides is 1. The quantitative estimate of drug-likeness (QED) is 0.837. The molecule has 0 spiro atoms. The second-order valence-electron chi connectivity index (χ2n) is 5.54. The van der Waals surface area contributed by atoms with Gasteiger partial charge in [-0.25, -0.2) is 17.2 Å². The SMILES string of the molecule is Cn1ccc2ccc(S(=O)(=O)NC(C)(CC(=O)O)C(F)F)cc21. The number of carboxylic acid groups (broad SMARTS) is 1. The van der Waals surface area contributed by atoms with Crippen LogP contribution >= 0.6 is 0 Å². The van der Waals surface area contributed by atoms with Crippen molar-refractivity contribution in [1.29, 1.82) is 0 Å². The zero-order chi connectivity index (χ0) is 17.4. The first-order chi connectivity index (χ1) is 10.5. The second-order valence-corrected chi connectivity index (χ2v) is 7.22. The molecule has 0 fully saturated rings. The van der Waals surface area contributed by atoms with Gasteiger partial charge < -0.3 is 9.67 Å². The summed E-state index contributed by atoms with van der Waals surface area (Å²) in [6.07, 6.45) is -2.47. The van der Waals surface area contributed by atoms with Gasteiger partial charge >= 0.3 is 5.97 Å². The molecular formula is C14H16F2N2O4S. The van der Waals surface area contributed by atoms with Gasteiger partial charge in [-0.2, -0.15) is 4.72 Å². The number of benzene rings is 1. The molecule has 0 aliphatic rings. The van der Waals surface area contributed by atoms with E-state index in [0.717, 1.165) is 12.3 Å². The normalized spacial score (nSPS) is 15.0. The Bertz CT molecular complexity index is 848. The first-order valence-electron chi connectivity index (χ1n) is 6.64. The Morgan fingerprint density at radius 3 is 2.61 bits per heavy atom. The van der Waals surface area contributed by atoms with Crippen LogP contribution in [0.3, 0.4) is 0 Å². The van der Waals surface area contributed by atoms with E-state index in [0.29, 0.717) is 5.52 Å². The highest BCUT2D eigenvalue weighted by atomic mass is 32.2. The highest BCUT2D eigenvalue weighted by Gasteiger charge is 2.41. The smallest absolute Gasteiger partial charge is 0.305 e. The van der Waals surface area contributed by atoms with Crippen molar-refractivity contribution in [3.63, 3.8) is 0 Å². The highest BCUT2D eigenvalue weighted by molar-refractivity contribution is 7.89. The van der Waals surface area contributed by atoms with Crippen molar-refractivity contribution in [2.75, 3.05) is 0 Å².